The van der Waals surface area contributed by atoms with E-state index in [0.717, 1.165) is 48.9 Å². The van der Waals surface area contributed by atoms with Crippen molar-refractivity contribution in [1.82, 2.24) is 14.5 Å². The van der Waals surface area contributed by atoms with Gasteiger partial charge in [-0.2, -0.15) is 0 Å². The molecule has 0 bridgehead atoms. The van der Waals surface area contributed by atoms with E-state index < -0.39 is 0 Å². The fourth-order valence-electron chi connectivity index (χ4n) is 4.03. The Morgan fingerprint density at radius 1 is 1.00 bits per heavy atom. The number of anilines is 1. The Morgan fingerprint density at radius 2 is 1.79 bits per heavy atom. The highest BCUT2D eigenvalue weighted by Gasteiger charge is 2.26. The van der Waals surface area contributed by atoms with Gasteiger partial charge in [0.05, 0.1) is 23.6 Å². The Labute approximate surface area is 174 Å². The number of hydrogen-bond donors (Lipinski definition) is 0. The van der Waals surface area contributed by atoms with Gasteiger partial charge in [-0.1, -0.05) is 23.7 Å². The first-order valence-corrected chi connectivity index (χ1v) is 10.1. The third kappa shape index (κ3) is 3.22. The topological polar surface area (TPSA) is 36.7 Å². The van der Waals surface area contributed by atoms with Crippen molar-refractivity contribution >= 4 is 23.1 Å². The van der Waals surface area contributed by atoms with Gasteiger partial charge >= 0.3 is 0 Å². The van der Waals surface area contributed by atoms with Crippen molar-refractivity contribution < 1.29 is 4.39 Å². The summed E-state index contributed by atoms with van der Waals surface area (Å²) in [6, 6.07) is 12.4. The summed E-state index contributed by atoms with van der Waals surface area (Å²) in [6.45, 7) is 4.29. The largest absolute Gasteiger partial charge is 0.352 e. The lowest BCUT2D eigenvalue weighted by Gasteiger charge is -2.33. The van der Waals surface area contributed by atoms with E-state index in [9.17, 15) is 4.39 Å². The molecule has 2 aliphatic heterocycles. The number of piperazine rings is 1. The molecule has 1 fully saturated rings. The van der Waals surface area contributed by atoms with Crippen molar-refractivity contribution in [1.29, 1.82) is 0 Å². The number of aromatic nitrogens is 2. The first-order chi connectivity index (χ1) is 14.1. The van der Waals surface area contributed by atoms with Crippen molar-refractivity contribution in [3.63, 3.8) is 0 Å². The van der Waals surface area contributed by atoms with Gasteiger partial charge in [0.15, 0.2) is 5.82 Å². The molecule has 0 saturated carbocycles. The Morgan fingerprint density at radius 3 is 2.59 bits per heavy atom. The molecule has 3 aromatic rings. The molecule has 0 amide bonds. The minimum atomic E-state index is -0.291. The minimum Gasteiger partial charge on any atom is -0.352 e. The van der Waals surface area contributed by atoms with Crippen LogP contribution in [0.3, 0.4) is 0 Å². The van der Waals surface area contributed by atoms with Crippen molar-refractivity contribution in [3.8, 4) is 5.69 Å². The Bertz CT molecular complexity index is 1100. The number of rotatable bonds is 2. The molecule has 0 spiro atoms. The van der Waals surface area contributed by atoms with Gasteiger partial charge in [0.25, 0.3) is 0 Å². The number of nitrogens with zero attached hydrogens (tertiary/aromatic N) is 5. The fraction of sp³-hybridized carbons (Fsp3) is 0.273. The SMILES string of the molecule is CN1CCN(c2ncn3c2CN=C(c2ccccc2F)c2cc(Cl)ccc2-3)CC1. The van der Waals surface area contributed by atoms with Crippen LogP contribution in [0.5, 0.6) is 0 Å². The third-order valence-corrected chi connectivity index (χ3v) is 5.87. The van der Waals surface area contributed by atoms with E-state index in [0.29, 0.717) is 22.8 Å². The predicted molar refractivity (Wildman–Crippen MR) is 114 cm³/mol. The Balaban J connectivity index is 1.65. The van der Waals surface area contributed by atoms with Crippen LogP contribution in [0.25, 0.3) is 5.69 Å². The molecule has 0 aliphatic carbocycles. The van der Waals surface area contributed by atoms with E-state index in [4.69, 9.17) is 21.6 Å². The molecule has 0 radical (unpaired) electrons. The summed E-state index contributed by atoms with van der Waals surface area (Å²) in [6.07, 6.45) is 1.84. The smallest absolute Gasteiger partial charge is 0.152 e. The van der Waals surface area contributed by atoms with Gasteiger partial charge in [0.1, 0.15) is 12.1 Å². The maximum atomic E-state index is 14.6. The molecule has 148 valence electrons. The second-order valence-electron chi connectivity index (χ2n) is 7.48. The Kier molecular flexibility index (Phi) is 4.60. The van der Waals surface area contributed by atoms with Gasteiger partial charge in [-0.3, -0.25) is 9.56 Å². The van der Waals surface area contributed by atoms with Gasteiger partial charge in [-0.15, -0.1) is 0 Å². The lowest BCUT2D eigenvalue weighted by Crippen LogP contribution is -2.45. The molecule has 1 aromatic heterocycles. The maximum Gasteiger partial charge on any atom is 0.152 e. The van der Waals surface area contributed by atoms with Crippen molar-refractivity contribution in [2.75, 3.05) is 38.1 Å². The van der Waals surface area contributed by atoms with Crippen LogP contribution >= 0.6 is 11.6 Å². The van der Waals surface area contributed by atoms with Crippen LogP contribution in [0.2, 0.25) is 5.02 Å². The second-order valence-corrected chi connectivity index (χ2v) is 7.92. The fourth-order valence-corrected chi connectivity index (χ4v) is 4.20. The highest BCUT2D eigenvalue weighted by Crippen LogP contribution is 2.32. The average Bonchev–Trinajstić information content (AvgIpc) is 3.07. The van der Waals surface area contributed by atoms with Crippen LogP contribution in [0.4, 0.5) is 10.2 Å². The lowest BCUT2D eigenvalue weighted by atomic mass is 10.00. The quantitative estimate of drug-likeness (QED) is 0.646. The first kappa shape index (κ1) is 18.3. The van der Waals surface area contributed by atoms with Crippen molar-refractivity contribution in [3.05, 3.63) is 76.5 Å². The van der Waals surface area contributed by atoms with Gasteiger partial charge in [-0.05, 0) is 37.4 Å². The maximum absolute atomic E-state index is 14.6. The zero-order valence-corrected chi connectivity index (χ0v) is 16.9. The van der Waals surface area contributed by atoms with E-state index in [-0.39, 0.29) is 5.82 Å². The van der Waals surface area contributed by atoms with Gasteiger partial charge in [-0.25, -0.2) is 9.37 Å². The molecule has 1 saturated heterocycles. The number of hydrogen-bond acceptors (Lipinski definition) is 4. The standard InChI is InChI=1S/C22H21ClFN5/c1-27-8-10-28(11-9-27)22-20-13-25-21(16-4-2-3-5-18(16)24)17-12-15(23)6-7-19(17)29(20)14-26-22/h2-7,12,14H,8-11,13H2,1H3. The molecule has 0 atom stereocenters. The summed E-state index contributed by atoms with van der Waals surface area (Å²) in [5.74, 6) is 0.665. The number of likely N-dealkylation sites (N-methyl/N-ethyl adjacent to an activating group) is 1. The molecule has 5 rings (SSSR count). The summed E-state index contributed by atoms with van der Waals surface area (Å²) in [5, 5.41) is 0.593. The number of halogens is 2. The highest BCUT2D eigenvalue weighted by atomic mass is 35.5. The lowest BCUT2D eigenvalue weighted by molar-refractivity contribution is 0.312. The molecule has 0 unspecified atom stereocenters. The number of aliphatic imine (C=N–C) groups is 1. The zero-order valence-electron chi connectivity index (χ0n) is 16.1. The van der Waals surface area contributed by atoms with Crippen LogP contribution in [-0.4, -0.2) is 53.4 Å². The van der Waals surface area contributed by atoms with Crippen LogP contribution < -0.4 is 4.90 Å². The number of imidazole rings is 1. The van der Waals surface area contributed by atoms with Gasteiger partial charge in [0, 0.05) is 42.3 Å². The van der Waals surface area contributed by atoms with Gasteiger partial charge in [0.2, 0.25) is 0 Å². The van der Waals surface area contributed by atoms with E-state index in [1.807, 2.05) is 30.6 Å². The number of benzene rings is 2. The summed E-state index contributed by atoms with van der Waals surface area (Å²) < 4.78 is 16.7. The normalized spacial score (nSPS) is 16.8. The van der Waals surface area contributed by atoms with Crippen molar-refractivity contribution in [2.45, 2.75) is 6.54 Å². The van der Waals surface area contributed by atoms with Crippen LogP contribution in [-0.2, 0) is 6.54 Å². The van der Waals surface area contributed by atoms with Crippen molar-refractivity contribution in [2.24, 2.45) is 4.99 Å². The van der Waals surface area contributed by atoms with E-state index in [1.165, 1.54) is 6.07 Å². The molecule has 2 aliphatic rings. The molecular weight excluding hydrogens is 389 g/mol. The third-order valence-electron chi connectivity index (χ3n) is 5.64. The summed E-state index contributed by atoms with van der Waals surface area (Å²) >= 11 is 6.30. The van der Waals surface area contributed by atoms with Gasteiger partial charge < -0.3 is 9.80 Å². The summed E-state index contributed by atoms with van der Waals surface area (Å²) in [4.78, 5) is 14.2. The summed E-state index contributed by atoms with van der Waals surface area (Å²) in [7, 11) is 2.13. The molecule has 3 heterocycles. The van der Waals surface area contributed by atoms with E-state index >= 15 is 0 Å². The van der Waals surface area contributed by atoms with Crippen LogP contribution in [0.15, 0.2) is 53.8 Å². The highest BCUT2D eigenvalue weighted by molar-refractivity contribution is 6.31. The summed E-state index contributed by atoms with van der Waals surface area (Å²) in [5.41, 5.74) is 3.84. The second kappa shape index (κ2) is 7.28. The number of fused-ring (bicyclic) bond motifs is 3. The molecule has 29 heavy (non-hydrogen) atoms. The van der Waals surface area contributed by atoms with E-state index in [2.05, 4.69) is 21.4 Å². The molecule has 5 nitrogen and oxygen atoms in total. The van der Waals surface area contributed by atoms with E-state index in [1.54, 1.807) is 12.1 Å². The molecule has 7 heteroatoms. The minimum absolute atomic E-state index is 0.291. The van der Waals surface area contributed by atoms with Crippen LogP contribution in [0.1, 0.15) is 16.8 Å². The first-order valence-electron chi connectivity index (χ1n) is 9.71. The Hall–Kier alpha value is -2.70. The van der Waals surface area contributed by atoms with Crippen LogP contribution in [0, 0.1) is 5.82 Å². The monoisotopic (exact) mass is 409 g/mol. The molecule has 0 N–H and O–H groups in total. The predicted octanol–water partition coefficient (Wildman–Crippen LogP) is 3.77. The molecular formula is C22H21ClFN5. The average molecular weight is 410 g/mol. The zero-order chi connectivity index (χ0) is 20.0. The molecule has 2 aromatic carbocycles.